The molecule has 2 aromatic carbocycles. The van der Waals surface area contributed by atoms with Crippen molar-refractivity contribution in [1.82, 2.24) is 9.88 Å². The topological polar surface area (TPSA) is 86.6 Å². The van der Waals surface area contributed by atoms with E-state index in [1.165, 1.54) is 6.07 Å². The summed E-state index contributed by atoms with van der Waals surface area (Å²) in [4.78, 5) is 36.1. The Bertz CT molecular complexity index is 1010. The normalized spacial score (nSPS) is 10.2. The average molecular weight is 392 g/mol. The van der Waals surface area contributed by atoms with E-state index in [0.29, 0.717) is 18.1 Å². The SMILES string of the molecule is Cn1cccc1C(=O)NC(=O)COC(=O)c1cccc(OCc2ccccc2)c1. The van der Waals surface area contributed by atoms with Gasteiger partial charge in [0.25, 0.3) is 11.8 Å². The van der Waals surface area contributed by atoms with Crippen LogP contribution in [0.15, 0.2) is 72.9 Å². The highest BCUT2D eigenvalue weighted by Crippen LogP contribution is 2.16. The van der Waals surface area contributed by atoms with Crippen molar-refractivity contribution in [3.8, 4) is 5.75 Å². The van der Waals surface area contributed by atoms with Crippen LogP contribution in [0.25, 0.3) is 0 Å². The van der Waals surface area contributed by atoms with Gasteiger partial charge in [-0.25, -0.2) is 4.79 Å². The highest BCUT2D eigenvalue weighted by molar-refractivity contribution is 6.04. The molecule has 0 aliphatic rings. The number of hydrogen-bond donors (Lipinski definition) is 1. The largest absolute Gasteiger partial charge is 0.489 e. The van der Waals surface area contributed by atoms with Gasteiger partial charge in [-0.05, 0) is 35.9 Å². The van der Waals surface area contributed by atoms with Crippen molar-refractivity contribution in [2.24, 2.45) is 7.05 Å². The first-order valence-electron chi connectivity index (χ1n) is 8.92. The van der Waals surface area contributed by atoms with Crippen LogP contribution in [0.1, 0.15) is 26.4 Å². The molecule has 29 heavy (non-hydrogen) atoms. The molecule has 0 saturated carbocycles. The third kappa shape index (κ3) is 5.55. The molecule has 0 bridgehead atoms. The van der Waals surface area contributed by atoms with Crippen molar-refractivity contribution in [3.63, 3.8) is 0 Å². The summed E-state index contributed by atoms with van der Waals surface area (Å²) in [6, 6.07) is 19.4. The molecule has 7 nitrogen and oxygen atoms in total. The second kappa shape index (κ2) is 9.36. The number of amides is 2. The summed E-state index contributed by atoms with van der Waals surface area (Å²) in [7, 11) is 1.69. The van der Waals surface area contributed by atoms with E-state index >= 15 is 0 Å². The molecule has 1 aromatic heterocycles. The second-order valence-electron chi connectivity index (χ2n) is 6.26. The molecule has 3 aromatic rings. The van der Waals surface area contributed by atoms with E-state index in [9.17, 15) is 14.4 Å². The molecular weight excluding hydrogens is 372 g/mol. The Morgan fingerprint density at radius 2 is 1.76 bits per heavy atom. The van der Waals surface area contributed by atoms with Gasteiger partial charge in [0.1, 0.15) is 18.1 Å². The Hall–Kier alpha value is -3.87. The second-order valence-corrected chi connectivity index (χ2v) is 6.26. The number of hydrogen-bond acceptors (Lipinski definition) is 5. The number of carbonyl (C=O) groups excluding carboxylic acids is 3. The number of aromatic nitrogens is 1. The summed E-state index contributed by atoms with van der Waals surface area (Å²) in [5.41, 5.74) is 1.57. The van der Waals surface area contributed by atoms with Gasteiger partial charge in [-0.15, -0.1) is 0 Å². The van der Waals surface area contributed by atoms with Gasteiger partial charge in [0, 0.05) is 13.2 Å². The lowest BCUT2D eigenvalue weighted by molar-refractivity contribution is -0.123. The quantitative estimate of drug-likeness (QED) is 0.625. The van der Waals surface area contributed by atoms with Crippen LogP contribution in [0.3, 0.4) is 0 Å². The zero-order chi connectivity index (χ0) is 20.6. The van der Waals surface area contributed by atoms with Crippen molar-refractivity contribution in [3.05, 3.63) is 89.7 Å². The van der Waals surface area contributed by atoms with E-state index in [1.807, 2.05) is 30.3 Å². The number of nitrogens with zero attached hydrogens (tertiary/aromatic N) is 1. The first-order chi connectivity index (χ1) is 14.0. The fourth-order valence-corrected chi connectivity index (χ4v) is 2.59. The molecule has 0 spiro atoms. The monoisotopic (exact) mass is 392 g/mol. The maximum atomic E-state index is 12.2. The molecule has 2 amide bonds. The number of aryl methyl sites for hydroxylation is 1. The van der Waals surface area contributed by atoms with Gasteiger partial charge in [0.05, 0.1) is 5.56 Å². The molecule has 1 heterocycles. The van der Waals surface area contributed by atoms with Crippen LogP contribution in [-0.2, 0) is 23.2 Å². The number of esters is 1. The molecule has 0 fully saturated rings. The van der Waals surface area contributed by atoms with Crippen molar-refractivity contribution >= 4 is 17.8 Å². The predicted octanol–water partition coefficient (Wildman–Crippen LogP) is 2.72. The highest BCUT2D eigenvalue weighted by atomic mass is 16.5. The minimum atomic E-state index is -0.707. The lowest BCUT2D eigenvalue weighted by atomic mass is 10.2. The van der Waals surface area contributed by atoms with Crippen molar-refractivity contribution in [2.45, 2.75) is 6.61 Å². The van der Waals surface area contributed by atoms with E-state index in [1.54, 1.807) is 48.1 Å². The fourth-order valence-electron chi connectivity index (χ4n) is 2.59. The third-order valence-corrected chi connectivity index (χ3v) is 4.08. The summed E-state index contributed by atoms with van der Waals surface area (Å²) in [6.45, 7) is -0.201. The zero-order valence-corrected chi connectivity index (χ0v) is 15.8. The summed E-state index contributed by atoms with van der Waals surface area (Å²) in [6.07, 6.45) is 1.69. The van der Waals surface area contributed by atoms with Gasteiger partial charge in [-0.3, -0.25) is 14.9 Å². The minimum absolute atomic E-state index is 0.247. The highest BCUT2D eigenvalue weighted by Gasteiger charge is 2.15. The summed E-state index contributed by atoms with van der Waals surface area (Å²) in [5.74, 6) is -1.45. The van der Waals surface area contributed by atoms with E-state index in [4.69, 9.17) is 9.47 Å². The fraction of sp³-hybridized carbons (Fsp3) is 0.136. The first-order valence-corrected chi connectivity index (χ1v) is 8.92. The molecule has 1 N–H and O–H groups in total. The molecule has 0 saturated heterocycles. The maximum Gasteiger partial charge on any atom is 0.338 e. The molecule has 0 aliphatic heterocycles. The van der Waals surface area contributed by atoms with E-state index < -0.39 is 24.4 Å². The molecule has 148 valence electrons. The lowest BCUT2D eigenvalue weighted by Gasteiger charge is -2.09. The predicted molar refractivity (Wildman–Crippen MR) is 105 cm³/mol. The van der Waals surface area contributed by atoms with Gasteiger partial charge in [-0.1, -0.05) is 36.4 Å². The Labute approximate surface area is 167 Å². The smallest absolute Gasteiger partial charge is 0.338 e. The number of nitrogens with one attached hydrogen (secondary N) is 1. The molecular formula is C22H20N2O5. The van der Waals surface area contributed by atoms with Gasteiger partial charge in [0.15, 0.2) is 6.61 Å². The molecule has 0 atom stereocenters. The molecule has 0 radical (unpaired) electrons. The number of carbonyl (C=O) groups is 3. The molecule has 7 heteroatoms. The molecule has 0 aliphatic carbocycles. The van der Waals surface area contributed by atoms with Crippen LogP contribution in [0.2, 0.25) is 0 Å². The summed E-state index contributed by atoms with van der Waals surface area (Å²) >= 11 is 0. The van der Waals surface area contributed by atoms with Gasteiger partial charge < -0.3 is 14.0 Å². The number of benzene rings is 2. The Morgan fingerprint density at radius 1 is 0.966 bits per heavy atom. The van der Waals surface area contributed by atoms with Gasteiger partial charge in [0.2, 0.25) is 0 Å². The first kappa shape index (κ1) is 19.9. The maximum absolute atomic E-state index is 12.2. The van der Waals surface area contributed by atoms with E-state index in [0.717, 1.165) is 5.56 Å². The van der Waals surface area contributed by atoms with Crippen LogP contribution in [-0.4, -0.2) is 29.0 Å². The standard InChI is InChI=1S/C22H20N2O5/c1-24-12-6-11-19(24)21(26)23-20(25)15-29-22(27)17-9-5-10-18(13-17)28-14-16-7-3-2-4-8-16/h2-13H,14-15H2,1H3,(H,23,25,26). The number of imide groups is 1. The van der Waals surface area contributed by atoms with Crippen LogP contribution >= 0.6 is 0 Å². The number of ether oxygens (including phenoxy) is 2. The minimum Gasteiger partial charge on any atom is -0.489 e. The summed E-state index contributed by atoms with van der Waals surface area (Å²) in [5, 5.41) is 2.18. The van der Waals surface area contributed by atoms with E-state index in [2.05, 4.69) is 5.32 Å². The van der Waals surface area contributed by atoms with Crippen LogP contribution in [0.4, 0.5) is 0 Å². The van der Waals surface area contributed by atoms with Crippen LogP contribution < -0.4 is 10.1 Å². The van der Waals surface area contributed by atoms with E-state index in [-0.39, 0.29) is 5.56 Å². The van der Waals surface area contributed by atoms with Gasteiger partial charge >= 0.3 is 5.97 Å². The summed E-state index contributed by atoms with van der Waals surface area (Å²) < 4.78 is 12.2. The third-order valence-electron chi connectivity index (χ3n) is 4.08. The Kier molecular flexibility index (Phi) is 6.42. The van der Waals surface area contributed by atoms with Crippen molar-refractivity contribution in [1.29, 1.82) is 0 Å². The zero-order valence-electron chi connectivity index (χ0n) is 15.8. The van der Waals surface area contributed by atoms with Crippen molar-refractivity contribution < 1.29 is 23.9 Å². The van der Waals surface area contributed by atoms with Crippen molar-refractivity contribution in [2.75, 3.05) is 6.61 Å². The van der Waals surface area contributed by atoms with Crippen LogP contribution in [0, 0.1) is 0 Å². The average Bonchev–Trinajstić information content (AvgIpc) is 3.17. The van der Waals surface area contributed by atoms with Gasteiger partial charge in [-0.2, -0.15) is 0 Å². The molecule has 3 rings (SSSR count). The van der Waals surface area contributed by atoms with Crippen LogP contribution in [0.5, 0.6) is 5.75 Å². The lowest BCUT2D eigenvalue weighted by Crippen LogP contribution is -2.35. The number of rotatable bonds is 7. The molecule has 0 unspecified atom stereocenters. The Morgan fingerprint density at radius 3 is 2.48 bits per heavy atom. The Balaban J connectivity index is 1.50.